The number of phenols is 1. The van der Waals surface area contributed by atoms with Crippen molar-refractivity contribution in [3.63, 3.8) is 0 Å². The standard InChI is InChI=1S/C19H19NO2/c1-19(2)12-13-7-3-4-8-14(13)16(20-19)11-18(22)15-9-5-6-10-17(15)21/h3-10,21H,11-12H2,1-2H3. The fraction of sp³-hybridized carbons (Fsp3) is 0.263. The van der Waals surface area contributed by atoms with Crippen LogP contribution in [-0.2, 0) is 6.42 Å². The molecule has 0 saturated heterocycles. The molecule has 0 bridgehead atoms. The van der Waals surface area contributed by atoms with Crippen LogP contribution >= 0.6 is 0 Å². The zero-order valence-electron chi connectivity index (χ0n) is 12.8. The van der Waals surface area contributed by atoms with E-state index in [0.717, 1.165) is 17.7 Å². The van der Waals surface area contributed by atoms with E-state index in [1.165, 1.54) is 11.6 Å². The van der Waals surface area contributed by atoms with Crippen LogP contribution in [0, 0.1) is 0 Å². The number of aliphatic imine (C=N–C) groups is 1. The van der Waals surface area contributed by atoms with Gasteiger partial charge in [-0.15, -0.1) is 0 Å². The second-order valence-electron chi connectivity index (χ2n) is 6.32. The summed E-state index contributed by atoms with van der Waals surface area (Å²) < 4.78 is 0. The molecule has 0 fully saturated rings. The zero-order chi connectivity index (χ0) is 15.7. The van der Waals surface area contributed by atoms with Gasteiger partial charge in [-0.2, -0.15) is 0 Å². The number of hydrogen-bond acceptors (Lipinski definition) is 3. The van der Waals surface area contributed by atoms with Gasteiger partial charge in [-0.3, -0.25) is 9.79 Å². The van der Waals surface area contributed by atoms with Gasteiger partial charge in [0.05, 0.1) is 23.2 Å². The summed E-state index contributed by atoms with van der Waals surface area (Å²) >= 11 is 0. The van der Waals surface area contributed by atoms with Crippen molar-refractivity contribution < 1.29 is 9.90 Å². The summed E-state index contributed by atoms with van der Waals surface area (Å²) in [5, 5.41) is 9.85. The molecule has 0 atom stereocenters. The number of carbonyl (C=O) groups excluding carboxylic acids is 1. The van der Waals surface area contributed by atoms with E-state index in [-0.39, 0.29) is 23.5 Å². The van der Waals surface area contributed by atoms with Crippen LogP contribution < -0.4 is 0 Å². The van der Waals surface area contributed by atoms with Crippen LogP contribution in [0.5, 0.6) is 5.75 Å². The summed E-state index contributed by atoms with van der Waals surface area (Å²) in [6.45, 7) is 4.15. The highest BCUT2D eigenvalue weighted by molar-refractivity contribution is 6.17. The van der Waals surface area contributed by atoms with E-state index >= 15 is 0 Å². The topological polar surface area (TPSA) is 49.7 Å². The third-order valence-electron chi connectivity index (χ3n) is 3.92. The number of aromatic hydroxyl groups is 1. The lowest BCUT2D eigenvalue weighted by Crippen LogP contribution is -2.29. The molecule has 1 aliphatic heterocycles. The smallest absolute Gasteiger partial charge is 0.172 e. The summed E-state index contributed by atoms with van der Waals surface area (Å²) in [4.78, 5) is 17.3. The highest BCUT2D eigenvalue weighted by Gasteiger charge is 2.27. The predicted octanol–water partition coefficient (Wildman–Crippen LogP) is 3.79. The van der Waals surface area contributed by atoms with E-state index in [1.807, 2.05) is 18.2 Å². The van der Waals surface area contributed by atoms with E-state index in [0.29, 0.717) is 5.56 Å². The number of phenolic OH excluding ortho intramolecular Hbond substituents is 1. The second kappa shape index (κ2) is 5.41. The minimum Gasteiger partial charge on any atom is -0.507 e. The highest BCUT2D eigenvalue weighted by Crippen LogP contribution is 2.29. The molecule has 0 aromatic heterocycles. The molecule has 0 spiro atoms. The van der Waals surface area contributed by atoms with Crippen molar-refractivity contribution >= 4 is 11.5 Å². The molecule has 112 valence electrons. The molecule has 2 aromatic rings. The zero-order valence-corrected chi connectivity index (χ0v) is 12.8. The third kappa shape index (κ3) is 2.80. The third-order valence-corrected chi connectivity index (χ3v) is 3.92. The van der Waals surface area contributed by atoms with E-state index in [9.17, 15) is 9.90 Å². The van der Waals surface area contributed by atoms with Gasteiger partial charge in [0.15, 0.2) is 5.78 Å². The van der Waals surface area contributed by atoms with Crippen LogP contribution in [0.25, 0.3) is 0 Å². The summed E-state index contributed by atoms with van der Waals surface area (Å²) in [7, 11) is 0. The maximum absolute atomic E-state index is 12.5. The number of fused-ring (bicyclic) bond motifs is 1. The minimum absolute atomic E-state index is 0.0245. The Bertz CT molecular complexity index is 760. The van der Waals surface area contributed by atoms with E-state index in [2.05, 4.69) is 19.9 Å². The maximum atomic E-state index is 12.5. The van der Waals surface area contributed by atoms with E-state index < -0.39 is 0 Å². The van der Waals surface area contributed by atoms with Gasteiger partial charge < -0.3 is 5.11 Å². The van der Waals surface area contributed by atoms with Gasteiger partial charge in [0.1, 0.15) is 5.75 Å². The monoisotopic (exact) mass is 293 g/mol. The summed E-state index contributed by atoms with van der Waals surface area (Å²) in [6.07, 6.45) is 1.08. The van der Waals surface area contributed by atoms with Crippen molar-refractivity contribution in [2.75, 3.05) is 0 Å². The van der Waals surface area contributed by atoms with Gasteiger partial charge in [0.25, 0.3) is 0 Å². The Morgan fingerprint density at radius 3 is 2.59 bits per heavy atom. The molecule has 0 amide bonds. The second-order valence-corrected chi connectivity index (χ2v) is 6.32. The van der Waals surface area contributed by atoms with E-state index in [1.54, 1.807) is 18.2 Å². The molecule has 1 N–H and O–H groups in total. The van der Waals surface area contributed by atoms with Crippen LogP contribution in [0.3, 0.4) is 0 Å². The molecule has 1 heterocycles. The molecule has 0 radical (unpaired) electrons. The lowest BCUT2D eigenvalue weighted by Gasteiger charge is -2.29. The van der Waals surface area contributed by atoms with Gasteiger partial charge in [-0.05, 0) is 43.5 Å². The quantitative estimate of drug-likeness (QED) is 0.875. The molecule has 3 nitrogen and oxygen atoms in total. The fourth-order valence-electron chi connectivity index (χ4n) is 2.98. The molecule has 1 aliphatic rings. The Balaban J connectivity index is 1.95. The van der Waals surface area contributed by atoms with Crippen molar-refractivity contribution in [3.05, 3.63) is 65.2 Å². The van der Waals surface area contributed by atoms with Gasteiger partial charge in [0.2, 0.25) is 0 Å². The lowest BCUT2D eigenvalue weighted by atomic mass is 9.85. The number of carbonyl (C=O) groups is 1. The van der Waals surface area contributed by atoms with Crippen LogP contribution in [0.4, 0.5) is 0 Å². The average molecular weight is 293 g/mol. The largest absolute Gasteiger partial charge is 0.507 e. The van der Waals surface area contributed by atoms with Crippen molar-refractivity contribution in [1.82, 2.24) is 0 Å². The number of rotatable bonds is 3. The Hall–Kier alpha value is -2.42. The first-order chi connectivity index (χ1) is 10.5. The van der Waals surface area contributed by atoms with Crippen LogP contribution in [0.1, 0.15) is 41.8 Å². The molecule has 2 aromatic carbocycles. The first-order valence-electron chi connectivity index (χ1n) is 7.44. The molecule has 0 aliphatic carbocycles. The first-order valence-corrected chi connectivity index (χ1v) is 7.44. The number of para-hydroxylation sites is 1. The summed E-state index contributed by atoms with van der Waals surface area (Å²) in [5.74, 6) is -0.0826. The molecule has 3 heteroatoms. The number of Topliss-reactive ketones (excluding diaryl/α,β-unsaturated/α-hetero) is 1. The molecule has 0 saturated carbocycles. The number of hydrogen-bond donors (Lipinski definition) is 1. The highest BCUT2D eigenvalue weighted by atomic mass is 16.3. The summed E-state index contributed by atoms with van der Waals surface area (Å²) in [5.41, 5.74) is 3.22. The molecular formula is C19H19NO2. The normalized spacial score (nSPS) is 15.8. The van der Waals surface area contributed by atoms with Crippen molar-refractivity contribution in [3.8, 4) is 5.75 Å². The minimum atomic E-state index is -0.206. The predicted molar refractivity (Wildman–Crippen MR) is 87.8 cm³/mol. The Labute approximate surface area is 130 Å². The number of ketones is 1. The van der Waals surface area contributed by atoms with Gasteiger partial charge in [-0.1, -0.05) is 36.4 Å². The maximum Gasteiger partial charge on any atom is 0.172 e. The summed E-state index contributed by atoms with van der Waals surface area (Å²) in [6, 6.07) is 14.7. The van der Waals surface area contributed by atoms with Crippen LogP contribution in [0.15, 0.2) is 53.5 Å². The van der Waals surface area contributed by atoms with Gasteiger partial charge >= 0.3 is 0 Å². The fourth-order valence-corrected chi connectivity index (χ4v) is 2.98. The van der Waals surface area contributed by atoms with Gasteiger partial charge in [0, 0.05) is 0 Å². The molecule has 3 rings (SSSR count). The van der Waals surface area contributed by atoms with Gasteiger partial charge in [-0.25, -0.2) is 0 Å². The lowest BCUT2D eigenvalue weighted by molar-refractivity contribution is 0.0998. The Morgan fingerprint density at radius 2 is 1.82 bits per heavy atom. The number of nitrogens with zero attached hydrogens (tertiary/aromatic N) is 1. The van der Waals surface area contributed by atoms with Crippen LogP contribution in [-0.4, -0.2) is 22.1 Å². The Morgan fingerprint density at radius 1 is 1.14 bits per heavy atom. The van der Waals surface area contributed by atoms with Crippen molar-refractivity contribution in [2.24, 2.45) is 4.99 Å². The molecule has 22 heavy (non-hydrogen) atoms. The van der Waals surface area contributed by atoms with E-state index in [4.69, 9.17) is 4.99 Å². The average Bonchev–Trinajstić information content (AvgIpc) is 2.46. The SMILES string of the molecule is CC1(C)Cc2ccccc2C(CC(=O)c2ccccc2O)=N1. The first kappa shape index (κ1) is 14.5. The Kier molecular flexibility index (Phi) is 3.57. The molecular weight excluding hydrogens is 274 g/mol. The molecule has 0 unspecified atom stereocenters. The van der Waals surface area contributed by atoms with Crippen molar-refractivity contribution in [2.45, 2.75) is 32.2 Å². The van der Waals surface area contributed by atoms with Crippen molar-refractivity contribution in [1.29, 1.82) is 0 Å². The number of benzene rings is 2. The van der Waals surface area contributed by atoms with Crippen LogP contribution in [0.2, 0.25) is 0 Å².